The number of piperazine rings is 1. The predicted octanol–water partition coefficient (Wildman–Crippen LogP) is 1.64. The number of amides is 3. The van der Waals surface area contributed by atoms with Gasteiger partial charge in [-0.1, -0.05) is 18.2 Å². The number of nitrogens with zero attached hydrogens (tertiary/aromatic N) is 3. The molecule has 7 heteroatoms. The fraction of sp³-hybridized carbons (Fsp3) is 0.263. The molecule has 1 fully saturated rings. The van der Waals surface area contributed by atoms with Gasteiger partial charge in [-0.25, -0.2) is 0 Å². The van der Waals surface area contributed by atoms with Crippen LogP contribution in [0, 0.1) is 0 Å². The van der Waals surface area contributed by atoms with Crippen molar-refractivity contribution < 1.29 is 14.4 Å². The van der Waals surface area contributed by atoms with Crippen molar-refractivity contribution in [2.75, 3.05) is 31.5 Å². The monoisotopic (exact) mass is 352 g/mol. The Hall–Kier alpha value is -3.22. The lowest BCUT2D eigenvalue weighted by atomic mass is 10.1. The van der Waals surface area contributed by atoms with E-state index in [1.54, 1.807) is 28.0 Å². The van der Waals surface area contributed by atoms with Crippen molar-refractivity contribution in [3.63, 3.8) is 0 Å². The summed E-state index contributed by atoms with van der Waals surface area (Å²) in [6, 6.07) is 10.6. The minimum absolute atomic E-state index is 0.0124. The molecule has 3 amide bonds. The largest absolute Gasteiger partial charge is 0.339 e. The van der Waals surface area contributed by atoms with Crippen LogP contribution in [-0.4, -0.2) is 58.7 Å². The number of benzene rings is 1. The first-order chi connectivity index (χ1) is 12.5. The Labute approximate surface area is 151 Å². The molecule has 2 heterocycles. The standard InChI is InChI=1S/C19H20N4O3/c1-14(24)22-7-9-23(10-8-22)19(26)16-11-15(12-20-13-16)18(25)21-17-5-3-2-4-6-17/h2-6,11-13H,7-10H2,1H3,(H,21,25). The van der Waals surface area contributed by atoms with Crippen LogP contribution in [0.3, 0.4) is 0 Å². The van der Waals surface area contributed by atoms with E-state index in [2.05, 4.69) is 10.3 Å². The van der Waals surface area contributed by atoms with E-state index in [-0.39, 0.29) is 17.7 Å². The van der Waals surface area contributed by atoms with Gasteiger partial charge in [-0.05, 0) is 18.2 Å². The molecule has 134 valence electrons. The topological polar surface area (TPSA) is 82.6 Å². The van der Waals surface area contributed by atoms with Crippen LogP contribution in [0.4, 0.5) is 5.69 Å². The number of hydrogen-bond acceptors (Lipinski definition) is 4. The number of para-hydroxylation sites is 1. The van der Waals surface area contributed by atoms with Gasteiger partial charge in [-0.15, -0.1) is 0 Å². The Morgan fingerprint density at radius 3 is 2.19 bits per heavy atom. The quantitative estimate of drug-likeness (QED) is 0.910. The molecule has 0 radical (unpaired) electrons. The summed E-state index contributed by atoms with van der Waals surface area (Å²) in [6.07, 6.45) is 2.89. The van der Waals surface area contributed by atoms with Crippen molar-refractivity contribution in [1.29, 1.82) is 0 Å². The van der Waals surface area contributed by atoms with E-state index in [0.717, 1.165) is 0 Å². The number of hydrogen-bond donors (Lipinski definition) is 1. The van der Waals surface area contributed by atoms with Crippen LogP contribution in [0.1, 0.15) is 27.6 Å². The molecule has 1 saturated heterocycles. The second kappa shape index (κ2) is 7.77. The minimum atomic E-state index is -0.320. The zero-order chi connectivity index (χ0) is 18.5. The fourth-order valence-corrected chi connectivity index (χ4v) is 2.81. The zero-order valence-electron chi connectivity index (χ0n) is 14.5. The molecule has 2 aromatic rings. The maximum Gasteiger partial charge on any atom is 0.257 e. The molecule has 7 nitrogen and oxygen atoms in total. The van der Waals surface area contributed by atoms with Gasteiger partial charge in [0.15, 0.2) is 0 Å². The molecule has 0 saturated carbocycles. The van der Waals surface area contributed by atoms with E-state index >= 15 is 0 Å². The van der Waals surface area contributed by atoms with Crippen molar-refractivity contribution in [3.05, 3.63) is 59.9 Å². The van der Waals surface area contributed by atoms with Crippen LogP contribution in [0.25, 0.3) is 0 Å². The second-order valence-electron chi connectivity index (χ2n) is 6.08. The molecule has 1 aliphatic rings. The average Bonchev–Trinajstić information content (AvgIpc) is 2.68. The van der Waals surface area contributed by atoms with Crippen molar-refractivity contribution in [1.82, 2.24) is 14.8 Å². The average molecular weight is 352 g/mol. The molecule has 0 unspecified atom stereocenters. The Morgan fingerprint density at radius 2 is 1.54 bits per heavy atom. The van der Waals surface area contributed by atoms with Gasteiger partial charge in [-0.2, -0.15) is 0 Å². The zero-order valence-corrected chi connectivity index (χ0v) is 14.5. The molecule has 0 atom stereocenters. The van der Waals surface area contributed by atoms with Crippen molar-refractivity contribution in [2.24, 2.45) is 0 Å². The van der Waals surface area contributed by atoms with E-state index in [1.807, 2.05) is 18.2 Å². The highest BCUT2D eigenvalue weighted by Crippen LogP contribution is 2.12. The third-order valence-corrected chi connectivity index (χ3v) is 4.29. The van der Waals surface area contributed by atoms with Gasteiger partial charge in [0.1, 0.15) is 0 Å². The Bertz CT molecular complexity index is 815. The lowest BCUT2D eigenvalue weighted by Crippen LogP contribution is -2.50. The number of nitrogens with one attached hydrogen (secondary N) is 1. The normalized spacial score (nSPS) is 14.0. The molecule has 0 aliphatic carbocycles. The van der Waals surface area contributed by atoms with Gasteiger partial charge in [-0.3, -0.25) is 19.4 Å². The van der Waals surface area contributed by atoms with E-state index < -0.39 is 0 Å². The number of anilines is 1. The van der Waals surface area contributed by atoms with Crippen molar-refractivity contribution in [3.8, 4) is 0 Å². The van der Waals surface area contributed by atoms with Gasteiger partial charge in [0.2, 0.25) is 5.91 Å². The maximum atomic E-state index is 12.7. The molecule has 0 spiro atoms. The number of aromatic nitrogens is 1. The fourth-order valence-electron chi connectivity index (χ4n) is 2.81. The third-order valence-electron chi connectivity index (χ3n) is 4.29. The highest BCUT2D eigenvalue weighted by Gasteiger charge is 2.24. The highest BCUT2D eigenvalue weighted by molar-refractivity contribution is 6.05. The molecular weight excluding hydrogens is 332 g/mol. The van der Waals surface area contributed by atoms with Gasteiger partial charge in [0.25, 0.3) is 11.8 Å². The Balaban J connectivity index is 1.68. The first kappa shape index (κ1) is 17.6. The van der Waals surface area contributed by atoms with Crippen LogP contribution < -0.4 is 5.32 Å². The minimum Gasteiger partial charge on any atom is -0.339 e. The number of carbonyl (C=O) groups is 3. The summed E-state index contributed by atoms with van der Waals surface area (Å²) in [5, 5.41) is 2.77. The smallest absolute Gasteiger partial charge is 0.257 e. The first-order valence-corrected chi connectivity index (χ1v) is 8.41. The molecule has 3 rings (SSSR count). The third kappa shape index (κ3) is 4.05. The summed E-state index contributed by atoms with van der Waals surface area (Å²) < 4.78 is 0. The van der Waals surface area contributed by atoms with Gasteiger partial charge >= 0.3 is 0 Å². The van der Waals surface area contributed by atoms with Gasteiger partial charge < -0.3 is 15.1 Å². The van der Waals surface area contributed by atoms with E-state index in [9.17, 15) is 14.4 Å². The van der Waals surface area contributed by atoms with Crippen LogP contribution in [0.2, 0.25) is 0 Å². The van der Waals surface area contributed by atoms with E-state index in [0.29, 0.717) is 43.0 Å². The number of carbonyl (C=O) groups excluding carboxylic acids is 3. The lowest BCUT2D eigenvalue weighted by molar-refractivity contribution is -0.130. The molecule has 1 N–H and O–H groups in total. The van der Waals surface area contributed by atoms with Crippen molar-refractivity contribution >= 4 is 23.4 Å². The summed E-state index contributed by atoms with van der Waals surface area (Å²) in [6.45, 7) is 3.50. The summed E-state index contributed by atoms with van der Waals surface area (Å²) in [4.78, 5) is 43.8. The summed E-state index contributed by atoms with van der Waals surface area (Å²) in [5.41, 5.74) is 1.36. The predicted molar refractivity (Wildman–Crippen MR) is 96.8 cm³/mol. The van der Waals surface area contributed by atoms with Crippen molar-refractivity contribution in [2.45, 2.75) is 6.92 Å². The molecule has 1 aromatic heterocycles. The number of pyridine rings is 1. The number of rotatable bonds is 3. The first-order valence-electron chi connectivity index (χ1n) is 8.41. The summed E-state index contributed by atoms with van der Waals surface area (Å²) >= 11 is 0. The molecule has 1 aromatic carbocycles. The molecule has 0 bridgehead atoms. The maximum absolute atomic E-state index is 12.7. The molecule has 26 heavy (non-hydrogen) atoms. The van der Waals surface area contributed by atoms with Crippen LogP contribution in [0.15, 0.2) is 48.8 Å². The SMILES string of the molecule is CC(=O)N1CCN(C(=O)c2cncc(C(=O)Nc3ccccc3)c2)CC1. The lowest BCUT2D eigenvalue weighted by Gasteiger charge is -2.34. The summed E-state index contributed by atoms with van der Waals surface area (Å²) in [5.74, 6) is -0.492. The van der Waals surface area contributed by atoms with Crippen LogP contribution >= 0.6 is 0 Å². The summed E-state index contributed by atoms with van der Waals surface area (Å²) in [7, 11) is 0. The molecule has 1 aliphatic heterocycles. The second-order valence-corrected chi connectivity index (χ2v) is 6.08. The highest BCUT2D eigenvalue weighted by atomic mass is 16.2. The Morgan fingerprint density at radius 1 is 0.923 bits per heavy atom. The van der Waals surface area contributed by atoms with Gasteiger partial charge in [0.05, 0.1) is 11.1 Å². The van der Waals surface area contributed by atoms with Crippen LogP contribution in [0.5, 0.6) is 0 Å². The molecular formula is C19H20N4O3. The van der Waals surface area contributed by atoms with Crippen LogP contribution in [-0.2, 0) is 4.79 Å². The van der Waals surface area contributed by atoms with Gasteiger partial charge in [0, 0.05) is 51.2 Å². The van der Waals surface area contributed by atoms with E-state index in [1.165, 1.54) is 19.3 Å². The Kier molecular flexibility index (Phi) is 5.26. The van der Waals surface area contributed by atoms with E-state index in [4.69, 9.17) is 0 Å².